The molecule has 3 rings (SSSR count). The molecule has 5 heteroatoms. The molecule has 0 bridgehead atoms. The average molecular weight is 344 g/mol. The van der Waals surface area contributed by atoms with E-state index in [9.17, 15) is 4.79 Å². The molecular formula is C19H24N2O2S. The molecule has 1 aromatic carbocycles. The van der Waals surface area contributed by atoms with E-state index in [4.69, 9.17) is 4.74 Å². The highest BCUT2D eigenvalue weighted by molar-refractivity contribution is 7.07. The van der Waals surface area contributed by atoms with Crippen LogP contribution in [-0.4, -0.2) is 36.5 Å². The van der Waals surface area contributed by atoms with Crippen molar-refractivity contribution in [3.63, 3.8) is 0 Å². The zero-order valence-corrected chi connectivity index (χ0v) is 14.8. The Bertz CT molecular complexity index is 632. The number of amides is 1. The minimum Gasteiger partial charge on any atom is -0.494 e. The summed E-state index contributed by atoms with van der Waals surface area (Å²) in [6.45, 7) is 5.14. The van der Waals surface area contributed by atoms with Crippen LogP contribution in [0.2, 0.25) is 0 Å². The Kier molecular flexibility index (Phi) is 5.88. The van der Waals surface area contributed by atoms with Gasteiger partial charge in [0.1, 0.15) is 5.75 Å². The lowest BCUT2D eigenvalue weighted by atomic mass is 10.0. The third-order valence-corrected chi connectivity index (χ3v) is 5.10. The second-order valence-corrected chi connectivity index (χ2v) is 6.82. The normalized spacial score (nSPS) is 15.5. The maximum atomic E-state index is 12.6. The van der Waals surface area contributed by atoms with E-state index >= 15 is 0 Å². The number of carbonyl (C=O) groups excluding carboxylic acids is 1. The topological polar surface area (TPSA) is 41.6 Å². The predicted molar refractivity (Wildman–Crippen MR) is 97.7 cm³/mol. The van der Waals surface area contributed by atoms with Crippen molar-refractivity contribution in [1.82, 2.24) is 10.2 Å². The van der Waals surface area contributed by atoms with E-state index in [1.807, 2.05) is 36.1 Å². The summed E-state index contributed by atoms with van der Waals surface area (Å²) in [5.74, 6) is 0.930. The summed E-state index contributed by atoms with van der Waals surface area (Å²) in [5.41, 5.74) is 2.08. The summed E-state index contributed by atoms with van der Waals surface area (Å²) >= 11 is 1.73. The summed E-state index contributed by atoms with van der Waals surface area (Å²) in [6.07, 6.45) is 2.01. The van der Waals surface area contributed by atoms with Gasteiger partial charge in [0, 0.05) is 31.2 Å². The Morgan fingerprint density at radius 1 is 1.25 bits per heavy atom. The van der Waals surface area contributed by atoms with Gasteiger partial charge in [-0.15, -0.1) is 0 Å². The number of nitrogens with zero attached hydrogens (tertiary/aromatic N) is 1. The van der Waals surface area contributed by atoms with Gasteiger partial charge in [0.2, 0.25) is 0 Å². The van der Waals surface area contributed by atoms with Crippen molar-refractivity contribution in [3.05, 3.63) is 52.2 Å². The number of ether oxygens (including phenoxy) is 1. The first kappa shape index (κ1) is 17.0. The summed E-state index contributed by atoms with van der Waals surface area (Å²) in [6, 6.07) is 10.1. The van der Waals surface area contributed by atoms with E-state index < -0.39 is 0 Å². The molecule has 1 saturated heterocycles. The lowest BCUT2D eigenvalue weighted by Gasteiger charge is -2.32. The Morgan fingerprint density at radius 2 is 2.00 bits per heavy atom. The summed E-state index contributed by atoms with van der Waals surface area (Å²) in [7, 11) is 0. The fourth-order valence-corrected chi connectivity index (χ4v) is 3.65. The molecule has 1 fully saturated rings. The van der Waals surface area contributed by atoms with E-state index in [1.54, 1.807) is 11.3 Å². The molecule has 1 aromatic heterocycles. The van der Waals surface area contributed by atoms with Gasteiger partial charge in [0.25, 0.3) is 5.91 Å². The standard InChI is InChI=1S/C19H24N2O2S/c1-2-23-18-5-3-16(4-6-18)19(22)21-10-7-17(8-11-21)20-13-15-9-12-24-14-15/h3-6,9,12,14,17,20H,2,7-8,10-11,13H2,1H3. The van der Waals surface area contributed by atoms with Gasteiger partial charge in [0.15, 0.2) is 0 Å². The minimum atomic E-state index is 0.120. The van der Waals surface area contributed by atoms with Crippen LogP contribution >= 0.6 is 11.3 Å². The van der Waals surface area contributed by atoms with Crippen molar-refractivity contribution < 1.29 is 9.53 Å². The predicted octanol–water partition coefficient (Wildman–Crippen LogP) is 3.54. The van der Waals surface area contributed by atoms with E-state index in [0.717, 1.165) is 43.8 Å². The molecule has 1 aliphatic heterocycles. The molecule has 0 unspecified atom stereocenters. The van der Waals surface area contributed by atoms with Crippen molar-refractivity contribution in [2.75, 3.05) is 19.7 Å². The van der Waals surface area contributed by atoms with Gasteiger partial charge in [-0.05, 0) is 66.4 Å². The number of thiophene rings is 1. The zero-order chi connectivity index (χ0) is 16.8. The fraction of sp³-hybridized carbons (Fsp3) is 0.421. The molecule has 0 spiro atoms. The first-order valence-electron chi connectivity index (χ1n) is 8.53. The first-order chi connectivity index (χ1) is 11.8. The molecule has 1 N–H and O–H groups in total. The van der Waals surface area contributed by atoms with Crippen LogP contribution in [0.5, 0.6) is 5.75 Å². The Balaban J connectivity index is 1.47. The largest absolute Gasteiger partial charge is 0.494 e. The van der Waals surface area contributed by atoms with Crippen molar-refractivity contribution in [2.24, 2.45) is 0 Å². The number of nitrogens with one attached hydrogen (secondary N) is 1. The summed E-state index contributed by atoms with van der Waals surface area (Å²) in [5, 5.41) is 7.88. The lowest BCUT2D eigenvalue weighted by molar-refractivity contribution is 0.0704. The van der Waals surface area contributed by atoms with Crippen molar-refractivity contribution >= 4 is 17.2 Å². The zero-order valence-electron chi connectivity index (χ0n) is 14.0. The van der Waals surface area contributed by atoms with Crippen molar-refractivity contribution in [3.8, 4) is 5.75 Å². The second-order valence-electron chi connectivity index (χ2n) is 6.04. The number of carbonyl (C=O) groups is 1. The molecule has 0 saturated carbocycles. The van der Waals surface area contributed by atoms with Crippen LogP contribution < -0.4 is 10.1 Å². The highest BCUT2D eigenvalue weighted by atomic mass is 32.1. The highest BCUT2D eigenvalue weighted by Crippen LogP contribution is 2.17. The molecule has 2 aromatic rings. The van der Waals surface area contributed by atoms with Crippen LogP contribution in [0.15, 0.2) is 41.1 Å². The number of benzene rings is 1. The van der Waals surface area contributed by atoms with Gasteiger partial charge in [-0.3, -0.25) is 4.79 Å². The second kappa shape index (κ2) is 8.31. The quantitative estimate of drug-likeness (QED) is 0.871. The number of hydrogen-bond acceptors (Lipinski definition) is 4. The van der Waals surface area contributed by atoms with Gasteiger partial charge in [-0.25, -0.2) is 0 Å². The van der Waals surface area contributed by atoms with Crippen LogP contribution in [-0.2, 0) is 6.54 Å². The molecule has 1 amide bonds. The van der Waals surface area contributed by atoms with Gasteiger partial charge < -0.3 is 15.0 Å². The maximum absolute atomic E-state index is 12.6. The van der Waals surface area contributed by atoms with Crippen LogP contribution in [0.3, 0.4) is 0 Å². The summed E-state index contributed by atoms with van der Waals surface area (Å²) in [4.78, 5) is 14.5. The molecule has 24 heavy (non-hydrogen) atoms. The lowest BCUT2D eigenvalue weighted by Crippen LogP contribution is -2.44. The average Bonchev–Trinajstić information content (AvgIpc) is 3.14. The van der Waals surface area contributed by atoms with E-state index in [-0.39, 0.29) is 5.91 Å². The van der Waals surface area contributed by atoms with Crippen LogP contribution in [0.1, 0.15) is 35.7 Å². The fourth-order valence-electron chi connectivity index (χ4n) is 2.99. The summed E-state index contributed by atoms with van der Waals surface area (Å²) < 4.78 is 5.43. The van der Waals surface area contributed by atoms with Crippen LogP contribution in [0.25, 0.3) is 0 Å². The molecule has 0 atom stereocenters. The number of rotatable bonds is 6. The van der Waals surface area contributed by atoms with Gasteiger partial charge in [-0.2, -0.15) is 11.3 Å². The third-order valence-electron chi connectivity index (χ3n) is 4.37. The monoisotopic (exact) mass is 344 g/mol. The molecule has 4 nitrogen and oxygen atoms in total. The van der Waals surface area contributed by atoms with E-state index in [2.05, 4.69) is 22.1 Å². The van der Waals surface area contributed by atoms with Crippen LogP contribution in [0, 0.1) is 0 Å². The van der Waals surface area contributed by atoms with Gasteiger partial charge >= 0.3 is 0 Å². The number of piperidine rings is 1. The Morgan fingerprint density at radius 3 is 2.62 bits per heavy atom. The molecule has 0 aliphatic carbocycles. The van der Waals surface area contributed by atoms with Crippen LogP contribution in [0.4, 0.5) is 0 Å². The third kappa shape index (κ3) is 4.36. The first-order valence-corrected chi connectivity index (χ1v) is 9.47. The minimum absolute atomic E-state index is 0.120. The molecule has 2 heterocycles. The SMILES string of the molecule is CCOc1ccc(C(=O)N2CCC(NCc3ccsc3)CC2)cc1. The molecule has 0 radical (unpaired) electrons. The molecular weight excluding hydrogens is 320 g/mol. The van der Waals surface area contributed by atoms with Gasteiger partial charge in [-0.1, -0.05) is 0 Å². The number of hydrogen-bond donors (Lipinski definition) is 1. The van der Waals surface area contributed by atoms with Crippen molar-refractivity contribution in [1.29, 1.82) is 0 Å². The van der Waals surface area contributed by atoms with Gasteiger partial charge in [0.05, 0.1) is 6.61 Å². The molecule has 128 valence electrons. The number of likely N-dealkylation sites (tertiary alicyclic amines) is 1. The smallest absolute Gasteiger partial charge is 0.253 e. The Labute approximate surface area is 147 Å². The maximum Gasteiger partial charge on any atom is 0.253 e. The van der Waals surface area contributed by atoms with E-state index in [0.29, 0.717) is 12.6 Å². The highest BCUT2D eigenvalue weighted by Gasteiger charge is 2.23. The molecule has 1 aliphatic rings. The van der Waals surface area contributed by atoms with E-state index in [1.165, 1.54) is 5.56 Å². The van der Waals surface area contributed by atoms with Crippen molar-refractivity contribution in [2.45, 2.75) is 32.4 Å². The Hall–Kier alpha value is -1.85.